The lowest BCUT2D eigenvalue weighted by molar-refractivity contribution is 0.00544. The normalized spacial score (nSPS) is 11.7. The molecule has 2 aromatic carbocycles. The van der Waals surface area contributed by atoms with Gasteiger partial charge in [0.2, 0.25) is 0 Å². The molecule has 0 saturated heterocycles. The van der Waals surface area contributed by atoms with Crippen molar-refractivity contribution in [1.29, 1.82) is 5.26 Å². The zero-order valence-electron chi connectivity index (χ0n) is 11.9. The molecule has 2 aromatic rings. The van der Waals surface area contributed by atoms with E-state index in [1.54, 1.807) is 12.1 Å². The van der Waals surface area contributed by atoms with Crippen molar-refractivity contribution >= 4 is 11.6 Å². The number of nitrogens with zero attached hydrogens (tertiary/aromatic N) is 1. The van der Waals surface area contributed by atoms with Crippen LogP contribution in [0.1, 0.15) is 11.1 Å². The van der Waals surface area contributed by atoms with Gasteiger partial charge in [0.05, 0.1) is 18.8 Å². The summed E-state index contributed by atoms with van der Waals surface area (Å²) >= 11 is 5.81. The van der Waals surface area contributed by atoms with Gasteiger partial charge in [-0.3, -0.25) is 0 Å². The molecule has 0 fully saturated rings. The summed E-state index contributed by atoms with van der Waals surface area (Å²) in [5.41, 5.74) is 1.38. The number of halogens is 1. The minimum atomic E-state index is -0.772. The Morgan fingerprint density at radius 1 is 1.14 bits per heavy atom. The Morgan fingerprint density at radius 2 is 1.91 bits per heavy atom. The van der Waals surface area contributed by atoms with Crippen LogP contribution in [0.5, 0.6) is 5.75 Å². The largest absolute Gasteiger partial charge is 0.489 e. The Labute approximate surface area is 134 Å². The highest BCUT2D eigenvalue weighted by Gasteiger charge is 2.09. The molecular weight excluding hydrogens is 302 g/mol. The van der Waals surface area contributed by atoms with Crippen LogP contribution in [-0.4, -0.2) is 24.4 Å². The molecule has 5 heteroatoms. The first-order valence-electron chi connectivity index (χ1n) is 6.81. The van der Waals surface area contributed by atoms with E-state index in [-0.39, 0.29) is 13.2 Å². The van der Waals surface area contributed by atoms with Crippen LogP contribution in [0.2, 0.25) is 5.02 Å². The number of ether oxygens (including phenoxy) is 2. The molecule has 0 saturated carbocycles. The lowest BCUT2D eigenvalue weighted by atomic mass is 10.2. The fourth-order valence-electron chi connectivity index (χ4n) is 1.84. The van der Waals surface area contributed by atoms with Crippen LogP contribution in [0.4, 0.5) is 0 Å². The van der Waals surface area contributed by atoms with Gasteiger partial charge < -0.3 is 14.6 Å². The van der Waals surface area contributed by atoms with Crippen LogP contribution in [0.15, 0.2) is 48.5 Å². The third-order valence-electron chi connectivity index (χ3n) is 2.92. The van der Waals surface area contributed by atoms with Crippen molar-refractivity contribution in [2.24, 2.45) is 0 Å². The number of aliphatic hydroxyl groups is 1. The molecule has 0 aliphatic heterocycles. The highest BCUT2D eigenvalue weighted by Crippen LogP contribution is 2.22. The van der Waals surface area contributed by atoms with Gasteiger partial charge in [0, 0.05) is 5.02 Å². The number of rotatable bonds is 7. The fourth-order valence-corrected chi connectivity index (χ4v) is 2.01. The quantitative estimate of drug-likeness (QED) is 0.852. The monoisotopic (exact) mass is 317 g/mol. The van der Waals surface area contributed by atoms with Crippen LogP contribution in [0.3, 0.4) is 0 Å². The van der Waals surface area contributed by atoms with Crippen LogP contribution >= 0.6 is 11.6 Å². The molecular formula is C17H16ClNO3. The standard InChI is InChI=1S/C17H16ClNO3/c18-15-6-7-17(14(8-15)9-19)22-12-16(20)11-21-10-13-4-2-1-3-5-13/h1-8,16,20H,10-12H2/t16-/m0/s1. The van der Waals surface area contributed by atoms with Gasteiger partial charge in [-0.15, -0.1) is 0 Å². The third kappa shape index (κ3) is 5.05. The Kier molecular flexibility index (Phi) is 6.23. The Hall–Kier alpha value is -2.06. The second-order valence-corrected chi connectivity index (χ2v) is 5.15. The maximum absolute atomic E-state index is 9.85. The second kappa shape index (κ2) is 8.40. The number of aliphatic hydroxyl groups excluding tert-OH is 1. The average molecular weight is 318 g/mol. The summed E-state index contributed by atoms with van der Waals surface area (Å²) in [5, 5.41) is 19.3. The number of nitriles is 1. The van der Waals surface area contributed by atoms with Gasteiger partial charge in [0.25, 0.3) is 0 Å². The van der Waals surface area contributed by atoms with Gasteiger partial charge in [-0.05, 0) is 23.8 Å². The first-order valence-corrected chi connectivity index (χ1v) is 7.19. The Morgan fingerprint density at radius 3 is 2.64 bits per heavy atom. The van der Waals surface area contributed by atoms with Crippen LogP contribution in [0, 0.1) is 11.3 Å². The molecule has 1 atom stereocenters. The van der Waals surface area contributed by atoms with Gasteiger partial charge >= 0.3 is 0 Å². The van der Waals surface area contributed by atoms with E-state index < -0.39 is 6.10 Å². The predicted molar refractivity (Wildman–Crippen MR) is 83.8 cm³/mol. The van der Waals surface area contributed by atoms with Crippen molar-refractivity contribution in [3.8, 4) is 11.8 Å². The summed E-state index contributed by atoms with van der Waals surface area (Å²) in [6.45, 7) is 0.637. The molecule has 22 heavy (non-hydrogen) atoms. The van der Waals surface area contributed by atoms with Gasteiger partial charge in [0.1, 0.15) is 24.5 Å². The molecule has 0 amide bonds. The smallest absolute Gasteiger partial charge is 0.137 e. The summed E-state index contributed by atoms with van der Waals surface area (Å²) in [6, 6.07) is 16.5. The molecule has 0 bridgehead atoms. The van der Waals surface area contributed by atoms with Gasteiger partial charge in [-0.1, -0.05) is 41.9 Å². The average Bonchev–Trinajstić information content (AvgIpc) is 2.54. The first kappa shape index (κ1) is 16.3. The third-order valence-corrected chi connectivity index (χ3v) is 3.15. The SMILES string of the molecule is N#Cc1cc(Cl)ccc1OC[C@@H](O)COCc1ccccc1. The summed E-state index contributed by atoms with van der Waals surface area (Å²) in [6.07, 6.45) is -0.772. The topological polar surface area (TPSA) is 62.5 Å². The lowest BCUT2D eigenvalue weighted by Crippen LogP contribution is -2.23. The van der Waals surface area contributed by atoms with E-state index in [4.69, 9.17) is 26.3 Å². The van der Waals surface area contributed by atoms with Crippen molar-refractivity contribution in [3.63, 3.8) is 0 Å². The molecule has 0 radical (unpaired) electrons. The molecule has 2 rings (SSSR count). The van der Waals surface area contributed by atoms with Gasteiger partial charge in [-0.25, -0.2) is 0 Å². The summed E-state index contributed by atoms with van der Waals surface area (Å²) < 4.78 is 10.9. The molecule has 0 aromatic heterocycles. The Balaban J connectivity index is 1.76. The van der Waals surface area contributed by atoms with E-state index >= 15 is 0 Å². The summed E-state index contributed by atoms with van der Waals surface area (Å²) in [4.78, 5) is 0. The number of hydrogen-bond acceptors (Lipinski definition) is 4. The Bertz CT molecular complexity index is 640. The van der Waals surface area contributed by atoms with Gasteiger partial charge in [-0.2, -0.15) is 5.26 Å². The highest BCUT2D eigenvalue weighted by atomic mass is 35.5. The van der Waals surface area contributed by atoms with Crippen LogP contribution < -0.4 is 4.74 Å². The molecule has 4 nitrogen and oxygen atoms in total. The van der Waals surface area contributed by atoms with E-state index in [0.717, 1.165) is 5.56 Å². The predicted octanol–water partition coefficient (Wildman–Crippen LogP) is 3.17. The second-order valence-electron chi connectivity index (χ2n) is 4.72. The van der Waals surface area contributed by atoms with E-state index in [0.29, 0.717) is 22.9 Å². The zero-order chi connectivity index (χ0) is 15.8. The van der Waals surface area contributed by atoms with Crippen molar-refractivity contribution in [1.82, 2.24) is 0 Å². The maximum Gasteiger partial charge on any atom is 0.137 e. The van der Waals surface area contributed by atoms with Crippen molar-refractivity contribution in [2.75, 3.05) is 13.2 Å². The summed E-state index contributed by atoms with van der Waals surface area (Å²) in [7, 11) is 0. The molecule has 1 N–H and O–H groups in total. The number of benzene rings is 2. The fraction of sp³-hybridized carbons (Fsp3) is 0.235. The molecule has 0 heterocycles. The van der Waals surface area contributed by atoms with Crippen molar-refractivity contribution in [2.45, 2.75) is 12.7 Å². The minimum absolute atomic E-state index is 0.0467. The van der Waals surface area contributed by atoms with Crippen LogP contribution in [0.25, 0.3) is 0 Å². The maximum atomic E-state index is 9.85. The van der Waals surface area contributed by atoms with E-state index in [9.17, 15) is 5.11 Å². The highest BCUT2D eigenvalue weighted by molar-refractivity contribution is 6.30. The van der Waals surface area contributed by atoms with Crippen molar-refractivity contribution in [3.05, 3.63) is 64.7 Å². The lowest BCUT2D eigenvalue weighted by Gasteiger charge is -2.13. The van der Waals surface area contributed by atoms with E-state index in [1.165, 1.54) is 6.07 Å². The minimum Gasteiger partial charge on any atom is -0.489 e. The van der Waals surface area contributed by atoms with E-state index in [1.807, 2.05) is 36.4 Å². The van der Waals surface area contributed by atoms with E-state index in [2.05, 4.69) is 0 Å². The molecule has 0 aliphatic rings. The molecule has 0 aliphatic carbocycles. The molecule has 0 spiro atoms. The first-order chi connectivity index (χ1) is 10.7. The molecule has 0 unspecified atom stereocenters. The number of hydrogen-bond donors (Lipinski definition) is 1. The summed E-state index contributed by atoms with van der Waals surface area (Å²) in [5.74, 6) is 0.397. The molecule has 114 valence electrons. The van der Waals surface area contributed by atoms with Gasteiger partial charge in [0.15, 0.2) is 0 Å². The van der Waals surface area contributed by atoms with Crippen LogP contribution in [-0.2, 0) is 11.3 Å². The van der Waals surface area contributed by atoms with Crippen molar-refractivity contribution < 1.29 is 14.6 Å². The zero-order valence-corrected chi connectivity index (χ0v) is 12.7.